The van der Waals surface area contributed by atoms with Crippen LogP contribution in [0.5, 0.6) is 0 Å². The molecule has 14 heavy (non-hydrogen) atoms. The standard InChI is InChI=1S/C12H12N2/c13-9-2-1-3-11-4-6-12(7-5-11)8-10-14/h4-7H,2,8,10,14H2. The summed E-state index contributed by atoms with van der Waals surface area (Å²) in [5.41, 5.74) is 7.60. The molecule has 0 aliphatic rings. The van der Waals surface area contributed by atoms with Crippen molar-refractivity contribution in [2.75, 3.05) is 6.54 Å². The van der Waals surface area contributed by atoms with Crippen LogP contribution in [0.1, 0.15) is 17.5 Å². The fourth-order valence-electron chi connectivity index (χ4n) is 1.11. The maximum atomic E-state index is 8.29. The molecular weight excluding hydrogens is 172 g/mol. The van der Waals surface area contributed by atoms with Crippen LogP contribution in [0, 0.1) is 23.2 Å². The maximum Gasteiger partial charge on any atom is 0.0966 e. The Kier molecular flexibility index (Phi) is 4.27. The van der Waals surface area contributed by atoms with E-state index in [4.69, 9.17) is 11.0 Å². The van der Waals surface area contributed by atoms with E-state index in [-0.39, 0.29) is 6.42 Å². The monoisotopic (exact) mass is 184 g/mol. The van der Waals surface area contributed by atoms with E-state index in [1.165, 1.54) is 5.56 Å². The van der Waals surface area contributed by atoms with Gasteiger partial charge in [0.1, 0.15) is 0 Å². The first-order valence-electron chi connectivity index (χ1n) is 4.51. The van der Waals surface area contributed by atoms with E-state index in [2.05, 4.69) is 11.8 Å². The van der Waals surface area contributed by atoms with Crippen molar-refractivity contribution in [3.05, 3.63) is 35.4 Å². The molecule has 0 aromatic heterocycles. The normalized spacial score (nSPS) is 8.57. The highest BCUT2D eigenvalue weighted by Gasteiger charge is 1.90. The molecule has 0 bridgehead atoms. The van der Waals surface area contributed by atoms with Gasteiger partial charge in [-0.3, -0.25) is 0 Å². The van der Waals surface area contributed by atoms with Crippen LogP contribution in [-0.2, 0) is 6.42 Å². The summed E-state index contributed by atoms with van der Waals surface area (Å²) in [6, 6.07) is 9.92. The molecule has 0 aliphatic heterocycles. The average Bonchev–Trinajstić information content (AvgIpc) is 2.21. The third-order valence-corrected chi connectivity index (χ3v) is 1.79. The molecule has 1 aromatic rings. The predicted molar refractivity (Wildman–Crippen MR) is 56.3 cm³/mol. The van der Waals surface area contributed by atoms with Gasteiger partial charge in [0.25, 0.3) is 0 Å². The number of benzene rings is 1. The summed E-state index contributed by atoms with van der Waals surface area (Å²) < 4.78 is 0. The van der Waals surface area contributed by atoms with E-state index in [9.17, 15) is 0 Å². The third-order valence-electron chi connectivity index (χ3n) is 1.79. The zero-order chi connectivity index (χ0) is 10.2. The van der Waals surface area contributed by atoms with Gasteiger partial charge >= 0.3 is 0 Å². The average molecular weight is 184 g/mol. The zero-order valence-electron chi connectivity index (χ0n) is 7.96. The minimum absolute atomic E-state index is 0.282. The Morgan fingerprint density at radius 2 is 1.93 bits per heavy atom. The predicted octanol–water partition coefficient (Wildman–Crippen LogP) is 1.45. The van der Waals surface area contributed by atoms with E-state index in [1.807, 2.05) is 30.3 Å². The van der Waals surface area contributed by atoms with Gasteiger partial charge in [0.05, 0.1) is 12.5 Å². The molecule has 0 saturated carbocycles. The van der Waals surface area contributed by atoms with Crippen LogP contribution in [0.15, 0.2) is 24.3 Å². The first kappa shape index (κ1) is 10.3. The second-order valence-corrected chi connectivity index (χ2v) is 2.87. The summed E-state index contributed by atoms with van der Waals surface area (Å²) in [4.78, 5) is 0. The van der Waals surface area contributed by atoms with E-state index in [0.29, 0.717) is 6.54 Å². The Morgan fingerprint density at radius 1 is 1.21 bits per heavy atom. The smallest absolute Gasteiger partial charge is 0.0966 e. The highest BCUT2D eigenvalue weighted by Crippen LogP contribution is 2.03. The number of nitrogens with two attached hydrogens (primary N) is 1. The lowest BCUT2D eigenvalue weighted by Crippen LogP contribution is -2.02. The summed E-state index contributed by atoms with van der Waals surface area (Å²) >= 11 is 0. The lowest BCUT2D eigenvalue weighted by molar-refractivity contribution is 0.968. The molecule has 70 valence electrons. The Bertz CT molecular complexity index is 374. The summed E-state index contributed by atoms with van der Waals surface area (Å²) in [6.07, 6.45) is 1.18. The molecule has 0 heterocycles. The first-order chi connectivity index (χ1) is 6.86. The van der Waals surface area contributed by atoms with Gasteiger partial charge in [0.2, 0.25) is 0 Å². The number of nitriles is 1. The van der Waals surface area contributed by atoms with Crippen molar-refractivity contribution in [3.63, 3.8) is 0 Å². The van der Waals surface area contributed by atoms with Crippen LogP contribution in [0.2, 0.25) is 0 Å². The van der Waals surface area contributed by atoms with E-state index >= 15 is 0 Å². The molecule has 1 aromatic carbocycles. The summed E-state index contributed by atoms with van der Waals surface area (Å²) in [6.45, 7) is 0.666. The molecule has 0 fully saturated rings. The molecular formula is C12H12N2. The van der Waals surface area contributed by atoms with E-state index in [1.54, 1.807) is 0 Å². The van der Waals surface area contributed by atoms with Gasteiger partial charge in [-0.25, -0.2) is 0 Å². The fourth-order valence-corrected chi connectivity index (χ4v) is 1.11. The van der Waals surface area contributed by atoms with Crippen molar-refractivity contribution < 1.29 is 0 Å². The van der Waals surface area contributed by atoms with Crippen molar-refractivity contribution in [2.24, 2.45) is 5.73 Å². The second-order valence-electron chi connectivity index (χ2n) is 2.87. The van der Waals surface area contributed by atoms with E-state index < -0.39 is 0 Å². The lowest BCUT2D eigenvalue weighted by Gasteiger charge is -1.97. The first-order valence-corrected chi connectivity index (χ1v) is 4.51. The minimum Gasteiger partial charge on any atom is -0.330 e. The van der Waals surface area contributed by atoms with Crippen LogP contribution in [0.25, 0.3) is 0 Å². The molecule has 0 spiro atoms. The molecule has 0 unspecified atom stereocenters. The minimum atomic E-state index is 0.282. The van der Waals surface area contributed by atoms with Gasteiger partial charge in [-0.15, -0.1) is 0 Å². The Labute approximate surface area is 84.4 Å². The quantitative estimate of drug-likeness (QED) is 0.707. The Hall–Kier alpha value is -1.77. The topological polar surface area (TPSA) is 49.8 Å². The summed E-state index contributed by atoms with van der Waals surface area (Å²) in [5.74, 6) is 5.68. The third kappa shape index (κ3) is 3.31. The van der Waals surface area contributed by atoms with Gasteiger partial charge in [-0.2, -0.15) is 5.26 Å². The van der Waals surface area contributed by atoms with Crippen molar-refractivity contribution in [2.45, 2.75) is 12.8 Å². The van der Waals surface area contributed by atoms with Gasteiger partial charge < -0.3 is 5.73 Å². The molecule has 2 heteroatoms. The number of hydrogen-bond acceptors (Lipinski definition) is 2. The number of nitrogens with zero attached hydrogens (tertiary/aromatic N) is 1. The molecule has 1 rings (SSSR count). The van der Waals surface area contributed by atoms with Crippen LogP contribution >= 0.6 is 0 Å². The second kappa shape index (κ2) is 5.80. The molecule has 2 nitrogen and oxygen atoms in total. The molecule has 0 saturated heterocycles. The van der Waals surface area contributed by atoms with Crippen LogP contribution in [0.3, 0.4) is 0 Å². The van der Waals surface area contributed by atoms with Crippen molar-refractivity contribution in [1.29, 1.82) is 5.26 Å². The SMILES string of the molecule is N#CCC#Cc1ccc(CCN)cc1. The number of hydrogen-bond donors (Lipinski definition) is 1. The Balaban J connectivity index is 2.66. The van der Waals surface area contributed by atoms with Crippen molar-refractivity contribution >= 4 is 0 Å². The lowest BCUT2D eigenvalue weighted by atomic mass is 10.1. The largest absolute Gasteiger partial charge is 0.330 e. The van der Waals surface area contributed by atoms with Crippen molar-refractivity contribution in [1.82, 2.24) is 0 Å². The van der Waals surface area contributed by atoms with Crippen LogP contribution < -0.4 is 5.73 Å². The Morgan fingerprint density at radius 3 is 2.50 bits per heavy atom. The molecule has 0 amide bonds. The molecule has 2 N–H and O–H groups in total. The fraction of sp³-hybridized carbons (Fsp3) is 0.250. The highest BCUT2D eigenvalue weighted by molar-refractivity contribution is 5.36. The maximum absolute atomic E-state index is 8.29. The molecule has 0 radical (unpaired) electrons. The van der Waals surface area contributed by atoms with Gasteiger partial charge in [-0.05, 0) is 30.7 Å². The highest BCUT2D eigenvalue weighted by atomic mass is 14.5. The van der Waals surface area contributed by atoms with Crippen LogP contribution in [-0.4, -0.2) is 6.54 Å². The zero-order valence-corrected chi connectivity index (χ0v) is 7.96. The van der Waals surface area contributed by atoms with E-state index in [0.717, 1.165) is 12.0 Å². The van der Waals surface area contributed by atoms with Crippen LogP contribution in [0.4, 0.5) is 0 Å². The molecule has 0 aliphatic carbocycles. The molecule has 0 atom stereocenters. The van der Waals surface area contributed by atoms with Gasteiger partial charge in [0, 0.05) is 5.56 Å². The summed E-state index contributed by atoms with van der Waals surface area (Å²) in [5, 5.41) is 8.29. The number of rotatable bonds is 2. The van der Waals surface area contributed by atoms with Gasteiger partial charge in [-0.1, -0.05) is 24.0 Å². The van der Waals surface area contributed by atoms with Crippen molar-refractivity contribution in [3.8, 4) is 17.9 Å². The van der Waals surface area contributed by atoms with Gasteiger partial charge in [0.15, 0.2) is 0 Å². The summed E-state index contributed by atoms with van der Waals surface area (Å²) in [7, 11) is 0.